The first-order valence-electron chi connectivity index (χ1n) is 8.66. The van der Waals surface area contributed by atoms with Crippen LogP contribution in [0.3, 0.4) is 0 Å². The molecule has 0 bridgehead atoms. The first-order chi connectivity index (χ1) is 11.9. The second-order valence-electron chi connectivity index (χ2n) is 7.80. The van der Waals surface area contributed by atoms with Crippen LogP contribution in [-0.2, 0) is 10.2 Å². The minimum atomic E-state index is -1.00. The van der Waals surface area contributed by atoms with E-state index in [0.717, 1.165) is 24.1 Å². The number of ether oxygens (including phenoxy) is 1. The molecule has 1 aliphatic carbocycles. The van der Waals surface area contributed by atoms with E-state index in [1.807, 2.05) is 12.1 Å². The van der Waals surface area contributed by atoms with Crippen molar-refractivity contribution < 1.29 is 14.6 Å². The number of aromatic carboxylic acids is 1. The molecule has 4 rings (SSSR count). The van der Waals surface area contributed by atoms with Gasteiger partial charge in [-0.3, -0.25) is 0 Å². The lowest BCUT2D eigenvalue weighted by molar-refractivity contribution is -0.0598. The number of nitriles is 1. The second kappa shape index (κ2) is 5.30. The number of hydrogen-bond donors (Lipinski definition) is 1. The molecule has 1 N–H and O–H groups in total. The van der Waals surface area contributed by atoms with Crippen LogP contribution in [0.15, 0.2) is 18.3 Å². The topological polar surface area (TPSA) is 87.6 Å². The molecule has 2 aromatic rings. The first kappa shape index (κ1) is 16.1. The molecule has 0 spiro atoms. The molecule has 3 heterocycles. The van der Waals surface area contributed by atoms with Crippen LogP contribution in [-0.4, -0.2) is 32.9 Å². The fraction of sp³-hybridized carbons (Fsp3) is 0.526. The largest absolute Gasteiger partial charge is 0.478 e. The van der Waals surface area contributed by atoms with Gasteiger partial charge in [0.25, 0.3) is 0 Å². The zero-order valence-electron chi connectivity index (χ0n) is 14.5. The van der Waals surface area contributed by atoms with Gasteiger partial charge in [0.1, 0.15) is 0 Å². The minimum Gasteiger partial charge on any atom is -0.478 e. The van der Waals surface area contributed by atoms with Gasteiger partial charge < -0.3 is 9.84 Å². The molecular formula is C19H21N3O3. The van der Waals surface area contributed by atoms with Gasteiger partial charge in [-0.15, -0.1) is 0 Å². The van der Waals surface area contributed by atoms with E-state index < -0.39 is 11.4 Å². The Kier molecular flexibility index (Phi) is 3.41. The number of carboxylic acid groups (broad SMARTS) is 1. The predicted octanol–water partition coefficient (Wildman–Crippen LogP) is 3.26. The molecule has 2 fully saturated rings. The summed E-state index contributed by atoms with van der Waals surface area (Å²) in [5.41, 5.74) is 1.65. The first-order valence-corrected chi connectivity index (χ1v) is 8.66. The van der Waals surface area contributed by atoms with Crippen LogP contribution in [0.1, 0.15) is 67.1 Å². The lowest BCUT2D eigenvalue weighted by atomic mass is 9.86. The summed E-state index contributed by atoms with van der Waals surface area (Å²) in [7, 11) is 0. The summed E-state index contributed by atoms with van der Waals surface area (Å²) in [6, 6.07) is 6.21. The fourth-order valence-electron chi connectivity index (χ4n) is 3.98. The van der Waals surface area contributed by atoms with Gasteiger partial charge >= 0.3 is 5.97 Å². The highest BCUT2D eigenvalue weighted by molar-refractivity contribution is 5.93. The minimum absolute atomic E-state index is 0.174. The van der Waals surface area contributed by atoms with Crippen LogP contribution in [0.4, 0.5) is 0 Å². The number of fused-ring (bicyclic) bond motifs is 1. The standard InChI is InChI=1S/C19H21N3O3/c1-18(2)9-12(5-8-25-18)14-3-4-15-16(19(11-20)6-7-19)13(17(23)24)10-22(15)21-14/h3-4,10,12H,5-9H2,1-2H3,(H,23,24)/t12-/m0/s1. The SMILES string of the molecule is CC1(C)C[C@@H](c2ccc3c(C4(C#N)CC4)c(C(=O)O)cn3n2)CCO1. The Morgan fingerprint density at radius 3 is 2.80 bits per heavy atom. The van der Waals surface area contributed by atoms with Crippen LogP contribution in [0, 0.1) is 11.3 Å². The molecule has 0 unspecified atom stereocenters. The van der Waals surface area contributed by atoms with E-state index >= 15 is 0 Å². The lowest BCUT2D eigenvalue weighted by Gasteiger charge is -2.35. The number of hydrogen-bond acceptors (Lipinski definition) is 4. The summed E-state index contributed by atoms with van der Waals surface area (Å²) in [4.78, 5) is 11.7. The van der Waals surface area contributed by atoms with Crippen molar-refractivity contribution in [3.8, 4) is 6.07 Å². The second-order valence-corrected chi connectivity index (χ2v) is 7.80. The number of rotatable bonds is 3. The van der Waals surface area contributed by atoms with E-state index in [2.05, 4.69) is 19.9 Å². The predicted molar refractivity (Wildman–Crippen MR) is 90.7 cm³/mol. The maximum absolute atomic E-state index is 11.7. The molecule has 25 heavy (non-hydrogen) atoms. The van der Waals surface area contributed by atoms with Crippen molar-refractivity contribution in [3.63, 3.8) is 0 Å². The summed E-state index contributed by atoms with van der Waals surface area (Å²) in [6.07, 6.45) is 4.76. The van der Waals surface area contributed by atoms with Gasteiger partial charge in [0.05, 0.1) is 33.9 Å². The average molecular weight is 339 g/mol. The van der Waals surface area contributed by atoms with Crippen molar-refractivity contribution in [2.75, 3.05) is 6.61 Å². The molecule has 1 saturated heterocycles. The van der Waals surface area contributed by atoms with Crippen molar-refractivity contribution in [1.82, 2.24) is 9.61 Å². The van der Waals surface area contributed by atoms with E-state index in [4.69, 9.17) is 9.84 Å². The van der Waals surface area contributed by atoms with Crippen molar-refractivity contribution in [2.45, 2.75) is 56.5 Å². The van der Waals surface area contributed by atoms with Gasteiger partial charge in [0.2, 0.25) is 0 Å². The highest BCUT2D eigenvalue weighted by Gasteiger charge is 2.49. The third-order valence-corrected chi connectivity index (χ3v) is 5.45. The van der Waals surface area contributed by atoms with Crippen molar-refractivity contribution in [1.29, 1.82) is 5.26 Å². The van der Waals surface area contributed by atoms with Crippen molar-refractivity contribution >= 4 is 11.5 Å². The molecule has 2 aromatic heterocycles. The summed E-state index contributed by atoms with van der Waals surface area (Å²) in [5.74, 6) is -0.714. The Labute approximate surface area is 146 Å². The van der Waals surface area contributed by atoms with E-state index in [0.29, 0.717) is 25.0 Å². The molecule has 6 nitrogen and oxygen atoms in total. The Balaban J connectivity index is 1.80. The van der Waals surface area contributed by atoms with Crippen LogP contribution in [0.5, 0.6) is 0 Å². The molecule has 1 atom stereocenters. The van der Waals surface area contributed by atoms with Crippen LogP contribution in [0.25, 0.3) is 5.52 Å². The molecule has 0 amide bonds. The highest BCUT2D eigenvalue weighted by Crippen LogP contribution is 2.50. The molecule has 2 aliphatic rings. The Morgan fingerprint density at radius 2 is 2.20 bits per heavy atom. The number of nitrogens with zero attached hydrogens (tertiary/aromatic N) is 3. The molecule has 6 heteroatoms. The Morgan fingerprint density at radius 1 is 1.44 bits per heavy atom. The summed E-state index contributed by atoms with van der Waals surface area (Å²) in [5, 5.41) is 23.8. The van der Waals surface area contributed by atoms with Crippen LogP contribution < -0.4 is 0 Å². The smallest absolute Gasteiger partial charge is 0.337 e. The number of carbonyl (C=O) groups is 1. The van der Waals surface area contributed by atoms with Gasteiger partial charge in [-0.2, -0.15) is 10.4 Å². The van der Waals surface area contributed by atoms with Gasteiger partial charge in [0.15, 0.2) is 0 Å². The Bertz CT molecular complexity index is 903. The average Bonchev–Trinajstić information content (AvgIpc) is 3.26. The van der Waals surface area contributed by atoms with E-state index in [-0.39, 0.29) is 17.1 Å². The normalized spacial score (nSPS) is 24.0. The van der Waals surface area contributed by atoms with Crippen molar-refractivity contribution in [2.24, 2.45) is 0 Å². The molecule has 1 aliphatic heterocycles. The molecule has 0 aromatic carbocycles. The molecule has 1 saturated carbocycles. The monoisotopic (exact) mass is 339 g/mol. The fourth-order valence-corrected chi connectivity index (χ4v) is 3.98. The highest BCUT2D eigenvalue weighted by atomic mass is 16.5. The van der Waals surface area contributed by atoms with Gasteiger partial charge in [-0.25, -0.2) is 9.31 Å². The van der Waals surface area contributed by atoms with Crippen LogP contribution in [0.2, 0.25) is 0 Å². The zero-order valence-corrected chi connectivity index (χ0v) is 14.5. The summed E-state index contributed by atoms with van der Waals surface area (Å²) < 4.78 is 7.43. The molecule has 130 valence electrons. The van der Waals surface area contributed by atoms with Gasteiger partial charge in [-0.1, -0.05) is 0 Å². The third-order valence-electron chi connectivity index (χ3n) is 5.45. The van der Waals surface area contributed by atoms with Crippen molar-refractivity contribution in [3.05, 3.63) is 35.2 Å². The Hall–Kier alpha value is -2.39. The van der Waals surface area contributed by atoms with Gasteiger partial charge in [-0.05, 0) is 51.7 Å². The number of carboxylic acids is 1. The van der Waals surface area contributed by atoms with Gasteiger partial charge in [0, 0.05) is 24.3 Å². The lowest BCUT2D eigenvalue weighted by Crippen LogP contribution is -2.33. The van der Waals surface area contributed by atoms with E-state index in [9.17, 15) is 15.2 Å². The third kappa shape index (κ3) is 2.59. The molecular weight excluding hydrogens is 318 g/mol. The van der Waals surface area contributed by atoms with E-state index in [1.54, 1.807) is 10.7 Å². The number of aromatic nitrogens is 2. The zero-order chi connectivity index (χ0) is 17.8. The maximum atomic E-state index is 11.7. The van der Waals surface area contributed by atoms with E-state index in [1.165, 1.54) is 0 Å². The van der Waals surface area contributed by atoms with Crippen LogP contribution >= 0.6 is 0 Å². The quantitative estimate of drug-likeness (QED) is 0.927. The summed E-state index contributed by atoms with van der Waals surface area (Å²) >= 11 is 0. The summed E-state index contributed by atoms with van der Waals surface area (Å²) in [6.45, 7) is 4.86. The molecule has 0 radical (unpaired) electrons. The maximum Gasteiger partial charge on any atom is 0.337 e.